The molecule has 48 valence electrons. The first-order chi connectivity index (χ1) is 4.22. The summed E-state index contributed by atoms with van der Waals surface area (Å²) in [4.78, 5) is 4.62. The Morgan fingerprint density at radius 2 is 2.33 bits per heavy atom. The van der Waals surface area contributed by atoms with Crippen molar-refractivity contribution in [2.75, 3.05) is 5.73 Å². The van der Waals surface area contributed by atoms with Crippen LogP contribution in [-0.2, 0) is 0 Å². The van der Waals surface area contributed by atoms with E-state index in [9.17, 15) is 0 Å². The van der Waals surface area contributed by atoms with Gasteiger partial charge in [0.2, 0.25) is 0 Å². The van der Waals surface area contributed by atoms with Crippen LogP contribution in [0.3, 0.4) is 0 Å². The minimum absolute atomic E-state index is 0.498. The van der Waals surface area contributed by atoms with E-state index in [0.29, 0.717) is 5.82 Å². The molecule has 1 aromatic heterocycles. The van der Waals surface area contributed by atoms with Crippen molar-refractivity contribution in [3.63, 3.8) is 0 Å². The summed E-state index contributed by atoms with van der Waals surface area (Å²) in [5.74, 6) is 0.498. The molecule has 0 aromatic carbocycles. The van der Waals surface area contributed by atoms with Crippen LogP contribution in [0, 0.1) is 6.92 Å². The van der Waals surface area contributed by atoms with Crippen molar-refractivity contribution >= 4 is 18.4 Å². The zero-order valence-electron chi connectivity index (χ0n) is 5.13. The second-order valence-corrected chi connectivity index (χ2v) is 2.31. The molecule has 3 heteroatoms. The van der Waals surface area contributed by atoms with E-state index in [1.165, 1.54) is 0 Å². The zero-order valence-corrected chi connectivity index (χ0v) is 6.02. The molecule has 9 heavy (non-hydrogen) atoms. The molecule has 1 rings (SSSR count). The van der Waals surface area contributed by atoms with Gasteiger partial charge in [-0.25, -0.2) is 4.98 Å². The highest BCUT2D eigenvalue weighted by Crippen LogP contribution is 2.16. The summed E-state index contributed by atoms with van der Waals surface area (Å²) in [6.07, 6.45) is 1.67. The van der Waals surface area contributed by atoms with Crippen molar-refractivity contribution in [2.45, 2.75) is 11.8 Å². The lowest BCUT2D eigenvalue weighted by Gasteiger charge is -1.98. The third-order valence-electron chi connectivity index (χ3n) is 1.15. The number of aryl methyl sites for hydroxylation is 1. The Hall–Kier alpha value is -0.700. The van der Waals surface area contributed by atoms with Crippen molar-refractivity contribution < 1.29 is 0 Å². The Morgan fingerprint density at radius 3 is 2.78 bits per heavy atom. The van der Waals surface area contributed by atoms with Gasteiger partial charge in [0.15, 0.2) is 0 Å². The van der Waals surface area contributed by atoms with Crippen LogP contribution < -0.4 is 5.73 Å². The Kier molecular flexibility index (Phi) is 1.62. The molecule has 0 amide bonds. The van der Waals surface area contributed by atoms with Crippen molar-refractivity contribution in [3.05, 3.63) is 17.8 Å². The summed E-state index contributed by atoms with van der Waals surface area (Å²) in [6.45, 7) is 1.94. The molecule has 0 radical (unpaired) electrons. The highest BCUT2D eigenvalue weighted by Gasteiger charge is 1.95. The first-order valence-electron chi connectivity index (χ1n) is 2.62. The number of hydrogen-bond donors (Lipinski definition) is 2. The van der Waals surface area contributed by atoms with Crippen molar-refractivity contribution in [2.24, 2.45) is 0 Å². The third kappa shape index (κ3) is 1.16. The van der Waals surface area contributed by atoms with Gasteiger partial charge >= 0.3 is 0 Å². The summed E-state index contributed by atoms with van der Waals surface area (Å²) >= 11 is 4.12. The van der Waals surface area contributed by atoms with Gasteiger partial charge in [0.05, 0.1) is 0 Å². The maximum Gasteiger partial charge on any atom is 0.137 e. The summed E-state index contributed by atoms with van der Waals surface area (Å²) in [6, 6.07) is 1.87. The highest BCUT2D eigenvalue weighted by molar-refractivity contribution is 7.80. The summed E-state index contributed by atoms with van der Waals surface area (Å²) in [5.41, 5.74) is 6.49. The number of hydrogen-bond acceptors (Lipinski definition) is 3. The molecule has 0 aliphatic carbocycles. The van der Waals surface area contributed by atoms with Gasteiger partial charge in [0, 0.05) is 11.1 Å². The van der Waals surface area contributed by atoms with E-state index in [2.05, 4.69) is 17.6 Å². The van der Waals surface area contributed by atoms with E-state index in [1.807, 2.05) is 13.0 Å². The van der Waals surface area contributed by atoms with Crippen LogP contribution >= 0.6 is 12.6 Å². The van der Waals surface area contributed by atoms with E-state index in [0.717, 1.165) is 10.5 Å². The first-order valence-corrected chi connectivity index (χ1v) is 3.06. The Balaban J connectivity index is 3.25. The van der Waals surface area contributed by atoms with Gasteiger partial charge in [-0.15, -0.1) is 12.6 Å². The molecule has 1 aromatic rings. The molecule has 0 fully saturated rings. The molecule has 0 aliphatic heterocycles. The van der Waals surface area contributed by atoms with E-state index in [1.54, 1.807) is 6.20 Å². The lowest BCUT2D eigenvalue weighted by atomic mass is 10.3. The van der Waals surface area contributed by atoms with E-state index >= 15 is 0 Å². The van der Waals surface area contributed by atoms with Crippen LogP contribution in [0.25, 0.3) is 0 Å². The second kappa shape index (κ2) is 2.27. The number of anilines is 1. The lowest BCUT2D eigenvalue weighted by molar-refractivity contribution is 1.20. The molecule has 0 spiro atoms. The Bertz CT molecular complexity index is 202. The number of nitrogens with zero attached hydrogens (tertiary/aromatic N) is 1. The monoisotopic (exact) mass is 140 g/mol. The minimum atomic E-state index is 0.498. The Morgan fingerprint density at radius 1 is 1.67 bits per heavy atom. The van der Waals surface area contributed by atoms with Gasteiger partial charge in [0.1, 0.15) is 5.82 Å². The largest absolute Gasteiger partial charge is 0.383 e. The molecule has 0 aliphatic rings. The SMILES string of the molecule is Cc1ccnc(N)c1S. The molecule has 0 unspecified atom stereocenters. The summed E-state index contributed by atoms with van der Waals surface area (Å²) in [5, 5.41) is 0. The maximum absolute atomic E-state index is 5.43. The van der Waals surface area contributed by atoms with Gasteiger partial charge in [-0.05, 0) is 18.6 Å². The van der Waals surface area contributed by atoms with Crippen LogP contribution in [0.5, 0.6) is 0 Å². The first kappa shape index (κ1) is 6.42. The van der Waals surface area contributed by atoms with Gasteiger partial charge < -0.3 is 5.73 Å². The van der Waals surface area contributed by atoms with Crippen LogP contribution in [0.4, 0.5) is 5.82 Å². The third-order valence-corrected chi connectivity index (χ3v) is 1.74. The summed E-state index contributed by atoms with van der Waals surface area (Å²) in [7, 11) is 0. The highest BCUT2D eigenvalue weighted by atomic mass is 32.1. The molecule has 0 bridgehead atoms. The molecular weight excluding hydrogens is 132 g/mol. The number of nitrogen functional groups attached to an aromatic ring is 1. The topological polar surface area (TPSA) is 38.9 Å². The van der Waals surface area contributed by atoms with Crippen LogP contribution in [0.2, 0.25) is 0 Å². The smallest absolute Gasteiger partial charge is 0.137 e. The average molecular weight is 140 g/mol. The number of pyridine rings is 1. The average Bonchev–Trinajstić information content (AvgIpc) is 1.83. The van der Waals surface area contributed by atoms with Crippen molar-refractivity contribution in [1.29, 1.82) is 0 Å². The van der Waals surface area contributed by atoms with Crippen molar-refractivity contribution in [1.82, 2.24) is 4.98 Å². The fraction of sp³-hybridized carbons (Fsp3) is 0.167. The van der Waals surface area contributed by atoms with Crippen LogP contribution in [0.1, 0.15) is 5.56 Å². The Labute approximate surface area is 59.5 Å². The molecule has 2 N–H and O–H groups in total. The second-order valence-electron chi connectivity index (χ2n) is 1.86. The molecule has 0 atom stereocenters. The molecule has 2 nitrogen and oxygen atoms in total. The number of nitrogens with two attached hydrogens (primary N) is 1. The van der Waals surface area contributed by atoms with Crippen LogP contribution in [0.15, 0.2) is 17.2 Å². The normalized spacial score (nSPS) is 9.56. The minimum Gasteiger partial charge on any atom is -0.383 e. The summed E-state index contributed by atoms with van der Waals surface area (Å²) < 4.78 is 0. The molecule has 0 saturated carbocycles. The zero-order chi connectivity index (χ0) is 6.85. The fourth-order valence-electron chi connectivity index (χ4n) is 0.571. The number of thiol groups is 1. The predicted octanol–water partition coefficient (Wildman–Crippen LogP) is 1.26. The quantitative estimate of drug-likeness (QED) is 0.532. The lowest BCUT2D eigenvalue weighted by Crippen LogP contribution is -1.91. The van der Waals surface area contributed by atoms with Gasteiger partial charge in [-0.2, -0.15) is 0 Å². The van der Waals surface area contributed by atoms with E-state index < -0.39 is 0 Å². The maximum atomic E-state index is 5.43. The van der Waals surface area contributed by atoms with E-state index in [4.69, 9.17) is 5.73 Å². The molecule has 1 heterocycles. The van der Waals surface area contributed by atoms with Gasteiger partial charge in [0.25, 0.3) is 0 Å². The van der Waals surface area contributed by atoms with Crippen LogP contribution in [-0.4, -0.2) is 4.98 Å². The number of rotatable bonds is 0. The standard InChI is InChI=1S/C6H8N2S/c1-4-2-3-8-6(7)5(4)9/h2-3,9H,1H3,(H2,7,8). The molecule has 0 saturated heterocycles. The fourth-order valence-corrected chi connectivity index (χ4v) is 0.704. The van der Waals surface area contributed by atoms with Gasteiger partial charge in [-0.1, -0.05) is 0 Å². The van der Waals surface area contributed by atoms with E-state index in [-0.39, 0.29) is 0 Å². The van der Waals surface area contributed by atoms with Gasteiger partial charge in [-0.3, -0.25) is 0 Å². The van der Waals surface area contributed by atoms with Crippen molar-refractivity contribution in [3.8, 4) is 0 Å². The predicted molar refractivity (Wildman–Crippen MR) is 40.6 cm³/mol. The number of aromatic nitrogens is 1. The molecular formula is C6H8N2S.